The van der Waals surface area contributed by atoms with E-state index in [4.69, 9.17) is 0 Å². The van der Waals surface area contributed by atoms with Crippen LogP contribution >= 0.6 is 22.7 Å². The summed E-state index contributed by atoms with van der Waals surface area (Å²) < 4.78 is 5.42. The van der Waals surface area contributed by atoms with Gasteiger partial charge in [-0.25, -0.2) is 0 Å². The Morgan fingerprint density at radius 3 is 1.55 bits per heavy atom. The topological polar surface area (TPSA) is 0 Å². The summed E-state index contributed by atoms with van der Waals surface area (Å²) in [7, 11) is 0. The molecule has 0 aliphatic rings. The van der Waals surface area contributed by atoms with Crippen molar-refractivity contribution in [3.63, 3.8) is 0 Å². The molecule has 2 heteroatoms. The molecule has 0 aliphatic carbocycles. The van der Waals surface area contributed by atoms with Gasteiger partial charge >= 0.3 is 0 Å². The number of fused-ring (bicyclic) bond motifs is 13. The maximum atomic E-state index is 2.46. The summed E-state index contributed by atoms with van der Waals surface area (Å²) in [5.74, 6) is 0. The minimum absolute atomic E-state index is 1.24. The summed E-state index contributed by atoms with van der Waals surface area (Å²) in [6, 6.07) is 72.5. The zero-order valence-electron chi connectivity index (χ0n) is 31.3. The highest BCUT2D eigenvalue weighted by molar-refractivity contribution is 7.29. The molecule has 0 saturated heterocycles. The van der Waals surface area contributed by atoms with Crippen molar-refractivity contribution in [1.82, 2.24) is 0 Å². The molecule has 58 heavy (non-hydrogen) atoms. The third kappa shape index (κ3) is 4.62. The predicted molar refractivity (Wildman–Crippen MR) is 256 cm³/mol. The van der Waals surface area contributed by atoms with Crippen LogP contribution in [0.2, 0.25) is 0 Å². The van der Waals surface area contributed by atoms with E-state index in [1.165, 1.54) is 128 Å². The first-order valence-corrected chi connectivity index (χ1v) is 21.5. The number of hydrogen-bond donors (Lipinski definition) is 0. The van der Waals surface area contributed by atoms with Gasteiger partial charge in [0.2, 0.25) is 0 Å². The number of benzene rings is 11. The van der Waals surface area contributed by atoms with Crippen LogP contribution in [-0.4, -0.2) is 0 Å². The molecule has 268 valence electrons. The minimum Gasteiger partial charge on any atom is -0.135 e. The predicted octanol–water partition coefficient (Wildman–Crippen LogP) is 17.2. The van der Waals surface area contributed by atoms with Crippen molar-refractivity contribution in [3.8, 4) is 33.4 Å². The van der Waals surface area contributed by atoms with Crippen molar-refractivity contribution < 1.29 is 0 Å². The van der Waals surface area contributed by atoms with E-state index in [1.807, 2.05) is 22.7 Å². The third-order valence-electron chi connectivity index (χ3n) is 12.4. The van der Waals surface area contributed by atoms with E-state index in [9.17, 15) is 0 Å². The number of rotatable bonds is 3. The second-order valence-electron chi connectivity index (χ2n) is 15.5. The molecule has 0 saturated carbocycles. The van der Waals surface area contributed by atoms with E-state index in [0.717, 1.165) is 0 Å². The van der Waals surface area contributed by atoms with E-state index in [-0.39, 0.29) is 0 Å². The van der Waals surface area contributed by atoms with Gasteiger partial charge in [0, 0.05) is 45.9 Å². The van der Waals surface area contributed by atoms with Crippen LogP contribution in [0.3, 0.4) is 0 Å². The fourth-order valence-corrected chi connectivity index (χ4v) is 12.4. The van der Waals surface area contributed by atoms with Crippen LogP contribution in [0.4, 0.5) is 0 Å². The quantitative estimate of drug-likeness (QED) is 0.157. The van der Waals surface area contributed by atoms with Crippen molar-refractivity contribution in [3.05, 3.63) is 194 Å². The lowest BCUT2D eigenvalue weighted by atomic mass is 9.84. The molecule has 0 amide bonds. The van der Waals surface area contributed by atoms with Crippen LogP contribution < -0.4 is 0 Å². The van der Waals surface area contributed by atoms with Crippen LogP contribution in [0.5, 0.6) is 0 Å². The first-order valence-electron chi connectivity index (χ1n) is 19.9. The summed E-state index contributed by atoms with van der Waals surface area (Å²) >= 11 is 3.86. The van der Waals surface area contributed by atoms with Crippen molar-refractivity contribution in [2.24, 2.45) is 0 Å². The molecule has 0 fully saturated rings. The smallest absolute Gasteiger partial charge is 0.0441 e. The lowest BCUT2D eigenvalue weighted by molar-refractivity contribution is 1.68. The Hall–Kier alpha value is -6.84. The summed E-state index contributed by atoms with van der Waals surface area (Å²) in [6.45, 7) is 0. The van der Waals surface area contributed by atoms with Crippen molar-refractivity contribution in [1.29, 1.82) is 0 Å². The molecule has 0 aliphatic heterocycles. The molecular weight excluding hydrogens is 737 g/mol. The largest absolute Gasteiger partial charge is 0.135 e. The molecule has 0 bridgehead atoms. The molecule has 0 N–H and O–H groups in total. The Morgan fingerprint density at radius 1 is 0.259 bits per heavy atom. The van der Waals surface area contributed by atoms with Gasteiger partial charge in [-0.15, -0.1) is 22.7 Å². The highest BCUT2D eigenvalue weighted by Crippen LogP contribution is 2.51. The van der Waals surface area contributed by atoms with Crippen LogP contribution in [-0.2, 0) is 0 Å². The lowest BCUT2D eigenvalue weighted by Crippen LogP contribution is -1.91. The van der Waals surface area contributed by atoms with Gasteiger partial charge in [0.05, 0.1) is 0 Å². The molecular formula is C56H32S2. The molecule has 2 aromatic heterocycles. The van der Waals surface area contributed by atoms with Gasteiger partial charge in [0.15, 0.2) is 0 Å². The molecule has 0 spiro atoms. The van der Waals surface area contributed by atoms with Gasteiger partial charge in [-0.1, -0.05) is 170 Å². The van der Waals surface area contributed by atoms with Crippen LogP contribution in [0.25, 0.3) is 128 Å². The van der Waals surface area contributed by atoms with Gasteiger partial charge in [-0.05, 0) is 106 Å². The Labute approximate surface area is 342 Å². The van der Waals surface area contributed by atoms with Crippen molar-refractivity contribution in [2.75, 3.05) is 0 Å². The summed E-state index contributed by atoms with van der Waals surface area (Å²) in [6.07, 6.45) is 0. The first kappa shape index (κ1) is 32.3. The molecule has 13 rings (SSSR count). The Kier molecular flexibility index (Phi) is 6.86. The van der Waals surface area contributed by atoms with Crippen molar-refractivity contribution in [2.45, 2.75) is 0 Å². The van der Waals surface area contributed by atoms with E-state index < -0.39 is 0 Å². The van der Waals surface area contributed by atoms with Gasteiger partial charge < -0.3 is 0 Å². The molecule has 0 nitrogen and oxygen atoms in total. The van der Waals surface area contributed by atoms with Crippen molar-refractivity contribution >= 4 is 117 Å². The Morgan fingerprint density at radius 2 is 0.810 bits per heavy atom. The summed E-state index contributed by atoms with van der Waals surface area (Å²) in [4.78, 5) is 0. The number of hydrogen-bond acceptors (Lipinski definition) is 2. The van der Waals surface area contributed by atoms with Gasteiger partial charge in [-0.3, -0.25) is 0 Å². The molecule has 2 heterocycles. The first-order chi connectivity index (χ1) is 28.8. The molecule has 11 aromatic carbocycles. The van der Waals surface area contributed by atoms with Gasteiger partial charge in [0.1, 0.15) is 0 Å². The van der Waals surface area contributed by atoms with Crippen LogP contribution in [0, 0.1) is 0 Å². The summed E-state index contributed by atoms with van der Waals surface area (Å²) in [5, 5.41) is 18.2. The average molecular weight is 769 g/mol. The van der Waals surface area contributed by atoms with E-state index in [2.05, 4.69) is 194 Å². The zero-order valence-corrected chi connectivity index (χ0v) is 32.9. The Balaban J connectivity index is 1.03. The maximum absolute atomic E-state index is 2.46. The fraction of sp³-hybridized carbons (Fsp3) is 0. The fourth-order valence-electron chi connectivity index (χ4n) is 9.84. The monoisotopic (exact) mass is 768 g/mol. The zero-order chi connectivity index (χ0) is 37.9. The lowest BCUT2D eigenvalue weighted by Gasteiger charge is -2.19. The molecule has 13 aromatic rings. The van der Waals surface area contributed by atoms with Gasteiger partial charge in [-0.2, -0.15) is 0 Å². The highest BCUT2D eigenvalue weighted by Gasteiger charge is 2.21. The number of thiophene rings is 2. The molecule has 0 radical (unpaired) electrons. The molecule has 0 atom stereocenters. The normalized spacial score (nSPS) is 12.1. The van der Waals surface area contributed by atoms with E-state index in [0.29, 0.717) is 0 Å². The maximum Gasteiger partial charge on any atom is 0.0441 e. The second kappa shape index (κ2) is 12.3. The minimum atomic E-state index is 1.24. The third-order valence-corrected chi connectivity index (χ3v) is 14.8. The SMILES string of the molecule is c1ccc2c(-c3c4ccccc4c(-c4ccc5cc(-c6cc7sc8ccccc8c7c7c6sc6c8ccccc8ccc67)ccc5c4)c4ccccc34)cccc2c1. The standard InChI is InChI=1S/C56H32S2/c1-3-15-39-33(12-1)14-11-22-41(39)52-44-19-7-5-17-42(44)51(43-18-6-8-20-45(43)52)38-27-25-35-30-37(26-24-36(35)31-38)48-32-50-53(46-21-9-10-23-49(46)57-50)54-47-29-28-34-13-2-4-16-40(34)55(47)58-56(48)54/h1-32H. The van der Waals surface area contributed by atoms with E-state index >= 15 is 0 Å². The van der Waals surface area contributed by atoms with Crippen LogP contribution in [0.1, 0.15) is 0 Å². The second-order valence-corrected chi connectivity index (χ2v) is 17.6. The average Bonchev–Trinajstić information content (AvgIpc) is 3.86. The highest BCUT2D eigenvalue weighted by atomic mass is 32.1. The van der Waals surface area contributed by atoms with E-state index in [1.54, 1.807) is 0 Å². The van der Waals surface area contributed by atoms with Gasteiger partial charge in [0.25, 0.3) is 0 Å². The van der Waals surface area contributed by atoms with Crippen LogP contribution in [0.15, 0.2) is 194 Å². The summed E-state index contributed by atoms with van der Waals surface area (Å²) in [5.41, 5.74) is 7.67. The Bertz CT molecular complexity index is 3800. The molecule has 0 unspecified atom stereocenters.